The van der Waals surface area contributed by atoms with Crippen LogP contribution in [0, 0.1) is 0 Å². The number of carbonyl (C=O) groups is 1. The van der Waals surface area contributed by atoms with Crippen molar-refractivity contribution in [2.45, 2.75) is 37.1 Å². The summed E-state index contributed by atoms with van der Waals surface area (Å²) in [5.74, 6) is 0.134. The second kappa shape index (κ2) is 6.68. The van der Waals surface area contributed by atoms with Gasteiger partial charge in [0.2, 0.25) is 15.9 Å². The summed E-state index contributed by atoms with van der Waals surface area (Å²) in [5, 5.41) is 0.615. The predicted octanol–water partition coefficient (Wildman–Crippen LogP) is 3.04. The first kappa shape index (κ1) is 17.5. The number of amides is 1. The van der Waals surface area contributed by atoms with E-state index in [2.05, 4.69) is 4.72 Å². The van der Waals surface area contributed by atoms with Crippen molar-refractivity contribution in [2.24, 2.45) is 0 Å². The standard InChI is InChI=1S/C19H19ClN2O3S/c20-16-6-3-13(4-7-16)12-21-26(24,25)17-10-14-2-1-9-22-18(23)8-5-15(11-17)19(14)22/h3-4,6-7,10-11,21H,1-2,5,8-9,12H2. The Hall–Kier alpha value is -1.89. The highest BCUT2D eigenvalue weighted by molar-refractivity contribution is 7.89. The minimum atomic E-state index is -3.63. The van der Waals surface area contributed by atoms with E-state index in [0.717, 1.165) is 41.8 Å². The van der Waals surface area contributed by atoms with Crippen molar-refractivity contribution >= 4 is 33.2 Å². The number of carbonyl (C=O) groups excluding carboxylic acids is 1. The summed E-state index contributed by atoms with van der Waals surface area (Å²) >= 11 is 5.86. The Bertz CT molecular complexity index is 954. The molecule has 0 bridgehead atoms. The Labute approximate surface area is 158 Å². The number of hydrogen-bond acceptors (Lipinski definition) is 3. The van der Waals surface area contributed by atoms with Crippen molar-refractivity contribution in [1.29, 1.82) is 0 Å². The molecule has 0 saturated heterocycles. The van der Waals surface area contributed by atoms with Gasteiger partial charge in [-0.3, -0.25) is 4.79 Å². The minimum Gasteiger partial charge on any atom is -0.312 e. The Kier molecular flexibility index (Phi) is 4.50. The number of nitrogens with zero attached hydrogens (tertiary/aromatic N) is 1. The highest BCUT2D eigenvalue weighted by atomic mass is 35.5. The van der Waals surface area contributed by atoms with E-state index in [0.29, 0.717) is 17.9 Å². The Morgan fingerprint density at radius 1 is 1.04 bits per heavy atom. The third-order valence-electron chi connectivity index (χ3n) is 4.94. The lowest BCUT2D eigenvalue weighted by molar-refractivity contribution is -0.119. The van der Waals surface area contributed by atoms with Gasteiger partial charge in [-0.15, -0.1) is 0 Å². The first-order chi connectivity index (χ1) is 12.4. The molecule has 2 aliphatic rings. The van der Waals surface area contributed by atoms with E-state index < -0.39 is 10.0 Å². The maximum atomic E-state index is 12.8. The average Bonchev–Trinajstić information content (AvgIpc) is 2.64. The fourth-order valence-electron chi connectivity index (χ4n) is 3.64. The maximum Gasteiger partial charge on any atom is 0.240 e. The zero-order valence-electron chi connectivity index (χ0n) is 14.2. The summed E-state index contributed by atoms with van der Waals surface area (Å²) in [6.07, 6.45) is 2.69. The summed E-state index contributed by atoms with van der Waals surface area (Å²) < 4.78 is 28.2. The number of rotatable bonds is 4. The molecule has 5 nitrogen and oxygen atoms in total. The first-order valence-corrected chi connectivity index (χ1v) is 10.5. The van der Waals surface area contributed by atoms with Gasteiger partial charge in [-0.2, -0.15) is 0 Å². The zero-order chi connectivity index (χ0) is 18.3. The molecular formula is C19H19ClN2O3S. The molecular weight excluding hydrogens is 372 g/mol. The van der Waals surface area contributed by atoms with Gasteiger partial charge in [-0.25, -0.2) is 13.1 Å². The molecule has 1 amide bonds. The molecule has 26 heavy (non-hydrogen) atoms. The summed E-state index contributed by atoms with van der Waals surface area (Å²) in [7, 11) is -3.63. The van der Waals surface area contributed by atoms with Gasteiger partial charge in [-0.1, -0.05) is 23.7 Å². The topological polar surface area (TPSA) is 66.5 Å². The van der Waals surface area contributed by atoms with Gasteiger partial charge >= 0.3 is 0 Å². The van der Waals surface area contributed by atoms with Crippen LogP contribution in [0.25, 0.3) is 0 Å². The van der Waals surface area contributed by atoms with Crippen LogP contribution in [0.5, 0.6) is 0 Å². The van der Waals surface area contributed by atoms with E-state index in [-0.39, 0.29) is 17.3 Å². The van der Waals surface area contributed by atoms with Crippen molar-refractivity contribution in [3.63, 3.8) is 0 Å². The Morgan fingerprint density at radius 2 is 1.73 bits per heavy atom. The van der Waals surface area contributed by atoms with Gasteiger partial charge in [0.05, 0.1) is 10.6 Å². The molecule has 7 heteroatoms. The largest absolute Gasteiger partial charge is 0.312 e. The summed E-state index contributed by atoms with van der Waals surface area (Å²) in [6, 6.07) is 10.5. The van der Waals surface area contributed by atoms with Crippen LogP contribution in [0.1, 0.15) is 29.5 Å². The predicted molar refractivity (Wildman–Crippen MR) is 101 cm³/mol. The van der Waals surface area contributed by atoms with Crippen LogP contribution >= 0.6 is 11.6 Å². The normalized spacial score (nSPS) is 16.5. The van der Waals surface area contributed by atoms with E-state index in [1.165, 1.54) is 0 Å². The number of nitrogens with one attached hydrogen (secondary N) is 1. The van der Waals surface area contributed by atoms with Crippen molar-refractivity contribution in [3.8, 4) is 0 Å². The van der Waals surface area contributed by atoms with Crippen LogP contribution in [-0.4, -0.2) is 20.9 Å². The molecule has 2 aliphatic heterocycles. The molecule has 0 radical (unpaired) electrons. The Balaban J connectivity index is 1.63. The highest BCUT2D eigenvalue weighted by Gasteiger charge is 2.31. The molecule has 2 aromatic rings. The number of benzene rings is 2. The lowest BCUT2D eigenvalue weighted by atomic mass is 9.92. The summed E-state index contributed by atoms with van der Waals surface area (Å²) in [5.41, 5.74) is 3.68. The van der Waals surface area contributed by atoms with E-state index in [4.69, 9.17) is 11.6 Å². The molecule has 4 rings (SSSR count). The molecule has 2 heterocycles. The number of halogens is 1. The van der Waals surface area contributed by atoms with Crippen molar-refractivity contribution < 1.29 is 13.2 Å². The molecule has 0 spiro atoms. The van der Waals surface area contributed by atoms with Crippen LogP contribution in [0.4, 0.5) is 5.69 Å². The van der Waals surface area contributed by atoms with E-state index >= 15 is 0 Å². The minimum absolute atomic E-state index is 0.134. The van der Waals surface area contributed by atoms with Crippen LogP contribution in [0.3, 0.4) is 0 Å². The number of hydrogen-bond donors (Lipinski definition) is 1. The molecule has 0 aliphatic carbocycles. The fourth-order valence-corrected chi connectivity index (χ4v) is 4.88. The third-order valence-corrected chi connectivity index (χ3v) is 6.57. The second-order valence-corrected chi connectivity index (χ2v) is 8.89. The van der Waals surface area contributed by atoms with E-state index in [9.17, 15) is 13.2 Å². The summed E-state index contributed by atoms with van der Waals surface area (Å²) in [4.78, 5) is 14.2. The smallest absolute Gasteiger partial charge is 0.240 e. The molecule has 0 saturated carbocycles. The molecule has 0 aromatic heterocycles. The van der Waals surface area contributed by atoms with Gasteiger partial charge < -0.3 is 4.90 Å². The highest BCUT2D eigenvalue weighted by Crippen LogP contribution is 2.37. The van der Waals surface area contributed by atoms with Crippen molar-refractivity contribution in [3.05, 3.63) is 58.1 Å². The molecule has 1 N–H and O–H groups in total. The SMILES string of the molecule is O=C1CCc2cc(S(=O)(=O)NCc3ccc(Cl)cc3)cc3c2N1CCC3. The van der Waals surface area contributed by atoms with Gasteiger partial charge in [-0.05, 0) is 60.2 Å². The summed E-state index contributed by atoms with van der Waals surface area (Å²) in [6.45, 7) is 0.927. The average molecular weight is 391 g/mol. The van der Waals surface area contributed by atoms with Gasteiger partial charge in [0.1, 0.15) is 0 Å². The molecule has 2 aromatic carbocycles. The quantitative estimate of drug-likeness (QED) is 0.872. The molecule has 0 fully saturated rings. The maximum absolute atomic E-state index is 12.8. The monoisotopic (exact) mass is 390 g/mol. The van der Waals surface area contributed by atoms with E-state index in [1.54, 1.807) is 36.4 Å². The molecule has 0 unspecified atom stereocenters. The molecule has 0 atom stereocenters. The van der Waals surface area contributed by atoms with Crippen LogP contribution in [0.2, 0.25) is 5.02 Å². The van der Waals surface area contributed by atoms with Crippen LogP contribution < -0.4 is 9.62 Å². The number of aryl methyl sites for hydroxylation is 2. The van der Waals surface area contributed by atoms with Crippen molar-refractivity contribution in [2.75, 3.05) is 11.4 Å². The van der Waals surface area contributed by atoms with Gasteiger partial charge in [0.25, 0.3) is 0 Å². The number of anilines is 1. The lowest BCUT2D eigenvalue weighted by Crippen LogP contribution is -2.39. The first-order valence-electron chi connectivity index (χ1n) is 8.64. The Morgan fingerprint density at radius 3 is 2.46 bits per heavy atom. The third kappa shape index (κ3) is 3.24. The van der Waals surface area contributed by atoms with Crippen LogP contribution in [-0.2, 0) is 34.2 Å². The second-order valence-electron chi connectivity index (χ2n) is 6.69. The lowest BCUT2D eigenvalue weighted by Gasteiger charge is -2.35. The van der Waals surface area contributed by atoms with Gasteiger partial charge in [0.15, 0.2) is 0 Å². The zero-order valence-corrected chi connectivity index (χ0v) is 15.7. The fraction of sp³-hybridized carbons (Fsp3) is 0.316. The van der Waals surface area contributed by atoms with E-state index in [1.807, 2.05) is 4.90 Å². The van der Waals surface area contributed by atoms with Crippen molar-refractivity contribution in [1.82, 2.24) is 4.72 Å². The molecule has 136 valence electrons. The number of sulfonamides is 1. The van der Waals surface area contributed by atoms with Gasteiger partial charge in [0, 0.05) is 24.5 Å². The van der Waals surface area contributed by atoms with Crippen LogP contribution in [0.15, 0.2) is 41.3 Å².